The Balaban J connectivity index is 1.61. The van der Waals surface area contributed by atoms with E-state index in [4.69, 9.17) is 10.2 Å². The Hall–Kier alpha value is -3.16. The zero-order valence-electron chi connectivity index (χ0n) is 14.1. The SMILES string of the molecule is NC(=O)C1CCCN1C(=O)CCNC(=O)c1cc2ccccc2oc1=O. The average Bonchev–Trinajstić information content (AvgIpc) is 3.11. The Labute approximate surface area is 148 Å². The third kappa shape index (κ3) is 3.58. The van der Waals surface area contributed by atoms with E-state index in [2.05, 4.69) is 5.32 Å². The lowest BCUT2D eigenvalue weighted by Gasteiger charge is -2.22. The number of rotatable bonds is 5. The van der Waals surface area contributed by atoms with Gasteiger partial charge in [0.05, 0.1) is 0 Å². The number of nitrogens with two attached hydrogens (primary N) is 1. The van der Waals surface area contributed by atoms with Crippen LogP contribution in [-0.2, 0) is 9.59 Å². The highest BCUT2D eigenvalue weighted by Crippen LogP contribution is 2.17. The molecule has 2 heterocycles. The van der Waals surface area contributed by atoms with Crippen molar-refractivity contribution in [2.24, 2.45) is 5.73 Å². The van der Waals surface area contributed by atoms with E-state index < -0.39 is 23.5 Å². The molecule has 1 aliphatic rings. The van der Waals surface area contributed by atoms with E-state index in [1.54, 1.807) is 24.3 Å². The van der Waals surface area contributed by atoms with Crippen molar-refractivity contribution in [3.63, 3.8) is 0 Å². The number of fused-ring (bicyclic) bond motifs is 1. The predicted octanol–water partition coefficient (Wildman–Crippen LogP) is 0.389. The summed E-state index contributed by atoms with van der Waals surface area (Å²) in [6.45, 7) is 0.528. The summed E-state index contributed by atoms with van der Waals surface area (Å²) in [6.07, 6.45) is 1.31. The van der Waals surface area contributed by atoms with Crippen LogP contribution in [-0.4, -0.2) is 41.8 Å². The summed E-state index contributed by atoms with van der Waals surface area (Å²) in [4.78, 5) is 49.2. The first-order valence-electron chi connectivity index (χ1n) is 8.37. The molecule has 0 bridgehead atoms. The van der Waals surface area contributed by atoms with Crippen LogP contribution in [0.25, 0.3) is 11.0 Å². The summed E-state index contributed by atoms with van der Waals surface area (Å²) in [5.41, 5.74) is 4.84. The fourth-order valence-corrected chi connectivity index (χ4v) is 3.10. The molecule has 1 fully saturated rings. The van der Waals surface area contributed by atoms with Crippen LogP contribution in [0.5, 0.6) is 0 Å². The highest BCUT2D eigenvalue weighted by molar-refractivity contribution is 5.96. The maximum Gasteiger partial charge on any atom is 0.349 e. The lowest BCUT2D eigenvalue weighted by molar-refractivity contribution is -0.137. The van der Waals surface area contributed by atoms with E-state index in [1.165, 1.54) is 11.0 Å². The van der Waals surface area contributed by atoms with Crippen LogP contribution in [0.4, 0.5) is 0 Å². The Morgan fingerprint density at radius 3 is 2.81 bits per heavy atom. The normalized spacial score (nSPS) is 16.6. The molecule has 8 nitrogen and oxygen atoms in total. The molecule has 8 heteroatoms. The average molecular weight is 357 g/mol. The highest BCUT2D eigenvalue weighted by Gasteiger charge is 2.32. The van der Waals surface area contributed by atoms with Crippen LogP contribution in [0.15, 0.2) is 39.5 Å². The third-order valence-corrected chi connectivity index (χ3v) is 4.41. The first-order chi connectivity index (χ1) is 12.5. The topological polar surface area (TPSA) is 123 Å². The molecule has 136 valence electrons. The van der Waals surface area contributed by atoms with Gasteiger partial charge in [-0.25, -0.2) is 4.79 Å². The van der Waals surface area contributed by atoms with Crippen molar-refractivity contribution in [2.45, 2.75) is 25.3 Å². The minimum atomic E-state index is -0.735. The lowest BCUT2D eigenvalue weighted by Crippen LogP contribution is -2.44. The van der Waals surface area contributed by atoms with E-state index in [0.29, 0.717) is 23.9 Å². The summed E-state index contributed by atoms with van der Waals surface area (Å²) in [7, 11) is 0. The van der Waals surface area contributed by atoms with Crippen LogP contribution in [0.3, 0.4) is 0 Å². The van der Waals surface area contributed by atoms with Gasteiger partial charge in [-0.2, -0.15) is 0 Å². The fraction of sp³-hybridized carbons (Fsp3) is 0.333. The minimum Gasteiger partial charge on any atom is -0.422 e. The molecule has 1 aromatic heterocycles. The largest absolute Gasteiger partial charge is 0.422 e. The number of carbonyl (C=O) groups excluding carboxylic acids is 3. The second-order valence-electron chi connectivity index (χ2n) is 6.14. The van der Waals surface area contributed by atoms with Crippen molar-refractivity contribution in [3.05, 3.63) is 46.3 Å². The van der Waals surface area contributed by atoms with Gasteiger partial charge in [0.25, 0.3) is 5.91 Å². The maximum absolute atomic E-state index is 12.2. The Morgan fingerprint density at radius 2 is 2.04 bits per heavy atom. The zero-order chi connectivity index (χ0) is 18.7. The van der Waals surface area contributed by atoms with Crippen molar-refractivity contribution in [3.8, 4) is 0 Å². The molecule has 0 radical (unpaired) electrons. The van der Waals surface area contributed by atoms with Gasteiger partial charge in [-0.3, -0.25) is 14.4 Å². The first-order valence-corrected chi connectivity index (χ1v) is 8.37. The maximum atomic E-state index is 12.2. The van der Waals surface area contributed by atoms with E-state index in [-0.39, 0.29) is 24.4 Å². The number of amides is 3. The molecule has 3 rings (SSSR count). The molecule has 1 aliphatic heterocycles. The van der Waals surface area contributed by atoms with E-state index in [9.17, 15) is 19.2 Å². The van der Waals surface area contributed by atoms with E-state index in [0.717, 1.165) is 6.42 Å². The first kappa shape index (κ1) is 17.7. The van der Waals surface area contributed by atoms with Crippen molar-refractivity contribution < 1.29 is 18.8 Å². The predicted molar refractivity (Wildman–Crippen MR) is 93.4 cm³/mol. The fourth-order valence-electron chi connectivity index (χ4n) is 3.10. The van der Waals surface area contributed by atoms with E-state index >= 15 is 0 Å². The number of carbonyl (C=O) groups is 3. The number of para-hydroxylation sites is 1. The second kappa shape index (κ2) is 7.38. The highest BCUT2D eigenvalue weighted by atomic mass is 16.4. The van der Waals surface area contributed by atoms with Gasteiger partial charge in [0.2, 0.25) is 11.8 Å². The Kier molecular flexibility index (Phi) is 5.01. The van der Waals surface area contributed by atoms with Crippen molar-refractivity contribution >= 4 is 28.7 Å². The second-order valence-corrected chi connectivity index (χ2v) is 6.14. The number of benzene rings is 1. The number of nitrogens with zero attached hydrogens (tertiary/aromatic N) is 1. The molecule has 1 saturated heterocycles. The van der Waals surface area contributed by atoms with Gasteiger partial charge in [0.1, 0.15) is 17.2 Å². The smallest absolute Gasteiger partial charge is 0.349 e. The summed E-state index contributed by atoms with van der Waals surface area (Å²) < 4.78 is 5.12. The van der Waals surface area contributed by atoms with Gasteiger partial charge in [-0.05, 0) is 25.0 Å². The Bertz CT molecular complexity index is 920. The van der Waals surface area contributed by atoms with E-state index in [1.807, 2.05) is 0 Å². The van der Waals surface area contributed by atoms with Gasteiger partial charge in [0.15, 0.2) is 0 Å². The molecule has 0 saturated carbocycles. The molecule has 26 heavy (non-hydrogen) atoms. The molecule has 3 amide bonds. The number of likely N-dealkylation sites (tertiary alicyclic amines) is 1. The van der Waals surface area contributed by atoms with Gasteiger partial charge in [-0.15, -0.1) is 0 Å². The standard InChI is InChI=1S/C18H19N3O5/c19-16(23)13-5-3-9-21(13)15(22)7-8-20-17(24)12-10-11-4-1-2-6-14(11)26-18(12)25/h1-2,4,6,10,13H,3,5,7-9H2,(H2,19,23)(H,20,24). The quantitative estimate of drug-likeness (QED) is 0.750. The van der Waals surface area contributed by atoms with Crippen LogP contribution in [0, 0.1) is 0 Å². The van der Waals surface area contributed by atoms with Crippen LogP contribution < -0.4 is 16.7 Å². The van der Waals surface area contributed by atoms with Crippen molar-refractivity contribution in [2.75, 3.05) is 13.1 Å². The van der Waals surface area contributed by atoms with Crippen LogP contribution >= 0.6 is 0 Å². The number of primary amides is 1. The number of nitrogens with one attached hydrogen (secondary N) is 1. The van der Waals surface area contributed by atoms with Crippen LogP contribution in [0.2, 0.25) is 0 Å². The molecular formula is C18H19N3O5. The molecule has 0 spiro atoms. The molecule has 1 atom stereocenters. The molecular weight excluding hydrogens is 338 g/mol. The number of hydrogen-bond acceptors (Lipinski definition) is 5. The molecule has 3 N–H and O–H groups in total. The summed E-state index contributed by atoms with van der Waals surface area (Å²) in [5.74, 6) is -1.38. The van der Waals surface area contributed by atoms with Crippen molar-refractivity contribution in [1.82, 2.24) is 10.2 Å². The van der Waals surface area contributed by atoms with Gasteiger partial charge in [0, 0.05) is 24.9 Å². The monoisotopic (exact) mass is 357 g/mol. The molecule has 2 aromatic rings. The van der Waals surface area contributed by atoms with Gasteiger partial charge >= 0.3 is 5.63 Å². The minimum absolute atomic E-state index is 0.0223. The lowest BCUT2D eigenvalue weighted by atomic mass is 10.2. The Morgan fingerprint density at radius 1 is 1.27 bits per heavy atom. The molecule has 1 unspecified atom stereocenters. The summed E-state index contributed by atoms with van der Waals surface area (Å²) in [6, 6.07) is 7.76. The molecule has 1 aromatic carbocycles. The zero-order valence-corrected chi connectivity index (χ0v) is 14.1. The van der Waals surface area contributed by atoms with Crippen LogP contribution in [0.1, 0.15) is 29.6 Å². The third-order valence-electron chi connectivity index (χ3n) is 4.41. The number of hydrogen-bond donors (Lipinski definition) is 2. The van der Waals surface area contributed by atoms with Crippen molar-refractivity contribution in [1.29, 1.82) is 0 Å². The summed E-state index contributed by atoms with van der Waals surface area (Å²) >= 11 is 0. The van der Waals surface area contributed by atoms with Gasteiger partial charge < -0.3 is 20.4 Å². The summed E-state index contributed by atoms with van der Waals surface area (Å²) in [5, 5.41) is 3.17. The molecule has 0 aliphatic carbocycles. The van der Waals surface area contributed by atoms with Gasteiger partial charge in [-0.1, -0.05) is 18.2 Å².